The number of rotatable bonds is 5. The molecule has 5 nitrogen and oxygen atoms in total. The fourth-order valence-corrected chi connectivity index (χ4v) is 4.96. The lowest BCUT2D eigenvalue weighted by Gasteiger charge is -2.46. The van der Waals surface area contributed by atoms with E-state index in [1.54, 1.807) is 0 Å². The maximum atomic E-state index is 13.2. The number of halogens is 1. The van der Waals surface area contributed by atoms with Gasteiger partial charge in [0, 0.05) is 32.3 Å². The van der Waals surface area contributed by atoms with Gasteiger partial charge in [0.25, 0.3) is 0 Å². The maximum absolute atomic E-state index is 13.2. The van der Waals surface area contributed by atoms with Crippen molar-refractivity contribution >= 4 is 17.5 Å². The largest absolute Gasteiger partial charge is 0.375 e. The van der Waals surface area contributed by atoms with Crippen molar-refractivity contribution in [2.45, 2.75) is 51.0 Å². The molecule has 2 amide bonds. The van der Waals surface area contributed by atoms with E-state index < -0.39 is 0 Å². The van der Waals surface area contributed by atoms with Gasteiger partial charge in [0.1, 0.15) is 5.82 Å². The molecule has 2 heterocycles. The zero-order valence-electron chi connectivity index (χ0n) is 18.6. The molecular formula is C26H31FN2O3. The standard InChI is InChI=1S/C26H31FN2O3/c1-19(30)28-24-8-4-21(5-9-24)17-25(31)29-13-11-26(12-14-29)18-22(10-15-32-26)16-20-2-6-23(27)7-3-20/h2-9,22H,10-18H2,1H3,(H,28,30). The van der Waals surface area contributed by atoms with Gasteiger partial charge in [-0.1, -0.05) is 24.3 Å². The smallest absolute Gasteiger partial charge is 0.226 e. The van der Waals surface area contributed by atoms with Gasteiger partial charge in [0.05, 0.1) is 12.0 Å². The first-order valence-corrected chi connectivity index (χ1v) is 11.4. The Morgan fingerprint density at radius 3 is 2.38 bits per heavy atom. The molecule has 2 aliphatic heterocycles. The zero-order valence-corrected chi connectivity index (χ0v) is 18.6. The monoisotopic (exact) mass is 438 g/mol. The van der Waals surface area contributed by atoms with Crippen molar-refractivity contribution in [2.75, 3.05) is 25.0 Å². The summed E-state index contributed by atoms with van der Waals surface area (Å²) in [6, 6.07) is 14.2. The van der Waals surface area contributed by atoms with Crippen LogP contribution in [-0.2, 0) is 27.2 Å². The van der Waals surface area contributed by atoms with Crippen molar-refractivity contribution < 1.29 is 18.7 Å². The maximum Gasteiger partial charge on any atom is 0.226 e. The average molecular weight is 439 g/mol. The van der Waals surface area contributed by atoms with Crippen LogP contribution in [0, 0.1) is 11.7 Å². The van der Waals surface area contributed by atoms with Crippen LogP contribution in [0.15, 0.2) is 48.5 Å². The van der Waals surface area contributed by atoms with Crippen LogP contribution >= 0.6 is 0 Å². The van der Waals surface area contributed by atoms with E-state index in [1.807, 2.05) is 41.3 Å². The lowest BCUT2D eigenvalue weighted by Crippen LogP contribution is -2.51. The van der Waals surface area contributed by atoms with Gasteiger partial charge in [-0.05, 0) is 73.4 Å². The zero-order chi connectivity index (χ0) is 22.6. The van der Waals surface area contributed by atoms with Gasteiger partial charge in [-0.15, -0.1) is 0 Å². The van der Waals surface area contributed by atoms with Crippen molar-refractivity contribution in [2.24, 2.45) is 5.92 Å². The van der Waals surface area contributed by atoms with Gasteiger partial charge in [-0.2, -0.15) is 0 Å². The molecule has 2 aromatic carbocycles. The fraction of sp³-hybridized carbons (Fsp3) is 0.462. The van der Waals surface area contributed by atoms with Crippen LogP contribution in [0.1, 0.15) is 43.7 Å². The van der Waals surface area contributed by atoms with Gasteiger partial charge < -0.3 is 15.0 Å². The van der Waals surface area contributed by atoms with Crippen molar-refractivity contribution in [1.29, 1.82) is 0 Å². The van der Waals surface area contributed by atoms with E-state index in [2.05, 4.69) is 5.32 Å². The molecule has 0 radical (unpaired) electrons. The first-order valence-electron chi connectivity index (χ1n) is 11.4. The Labute approximate surface area is 188 Å². The van der Waals surface area contributed by atoms with Crippen LogP contribution in [0.2, 0.25) is 0 Å². The minimum atomic E-state index is -0.196. The molecule has 0 aromatic heterocycles. The molecule has 1 atom stereocenters. The summed E-state index contributed by atoms with van der Waals surface area (Å²) >= 11 is 0. The normalized spacial score (nSPS) is 20.2. The molecule has 0 bridgehead atoms. The molecule has 32 heavy (non-hydrogen) atoms. The molecule has 1 N–H and O–H groups in total. The summed E-state index contributed by atoms with van der Waals surface area (Å²) in [5.74, 6) is 0.350. The lowest BCUT2D eigenvalue weighted by molar-refractivity contribution is -0.146. The number of nitrogens with one attached hydrogen (secondary N) is 1. The summed E-state index contributed by atoms with van der Waals surface area (Å²) < 4.78 is 19.4. The summed E-state index contributed by atoms with van der Waals surface area (Å²) in [5.41, 5.74) is 2.71. The number of nitrogens with zero attached hydrogens (tertiary/aromatic N) is 1. The van der Waals surface area contributed by atoms with Crippen molar-refractivity contribution in [3.8, 4) is 0 Å². The van der Waals surface area contributed by atoms with Crippen molar-refractivity contribution in [3.63, 3.8) is 0 Å². The van der Waals surface area contributed by atoms with Crippen LogP contribution in [0.5, 0.6) is 0 Å². The number of likely N-dealkylation sites (tertiary alicyclic amines) is 1. The van der Waals surface area contributed by atoms with Gasteiger partial charge in [-0.3, -0.25) is 9.59 Å². The Kier molecular flexibility index (Phi) is 6.89. The first-order chi connectivity index (χ1) is 15.4. The van der Waals surface area contributed by atoms with Crippen LogP contribution in [0.4, 0.5) is 10.1 Å². The second-order valence-corrected chi connectivity index (χ2v) is 9.16. The molecule has 2 aliphatic rings. The number of piperidine rings is 1. The van der Waals surface area contributed by atoms with Crippen molar-refractivity contribution in [1.82, 2.24) is 4.90 Å². The van der Waals surface area contributed by atoms with E-state index in [-0.39, 0.29) is 23.2 Å². The van der Waals surface area contributed by atoms with Crippen LogP contribution in [0.3, 0.4) is 0 Å². The third-order valence-electron chi connectivity index (χ3n) is 6.69. The summed E-state index contributed by atoms with van der Waals surface area (Å²) in [7, 11) is 0. The first kappa shape index (κ1) is 22.5. The second-order valence-electron chi connectivity index (χ2n) is 9.16. The fourth-order valence-electron chi connectivity index (χ4n) is 4.96. The molecule has 2 aromatic rings. The summed E-state index contributed by atoms with van der Waals surface area (Å²) in [6.45, 7) is 3.65. The summed E-state index contributed by atoms with van der Waals surface area (Å²) in [5, 5.41) is 2.74. The van der Waals surface area contributed by atoms with Crippen molar-refractivity contribution in [3.05, 3.63) is 65.5 Å². The minimum Gasteiger partial charge on any atom is -0.375 e. The van der Waals surface area contributed by atoms with Crippen LogP contribution in [0.25, 0.3) is 0 Å². The number of hydrogen-bond acceptors (Lipinski definition) is 3. The highest BCUT2D eigenvalue weighted by Gasteiger charge is 2.41. The highest BCUT2D eigenvalue weighted by Crippen LogP contribution is 2.39. The Balaban J connectivity index is 1.28. The predicted octanol–water partition coefficient (Wildman–Crippen LogP) is 4.36. The van der Waals surface area contributed by atoms with Gasteiger partial charge in [0.2, 0.25) is 11.8 Å². The van der Waals surface area contributed by atoms with E-state index in [9.17, 15) is 14.0 Å². The van der Waals surface area contributed by atoms with E-state index >= 15 is 0 Å². The number of anilines is 1. The minimum absolute atomic E-state index is 0.110. The third kappa shape index (κ3) is 5.74. The highest BCUT2D eigenvalue weighted by molar-refractivity contribution is 5.88. The van der Waals surface area contributed by atoms with Gasteiger partial charge >= 0.3 is 0 Å². The molecule has 1 spiro atoms. The number of carbonyl (C=O) groups excluding carboxylic acids is 2. The van der Waals surface area contributed by atoms with E-state index in [4.69, 9.17) is 4.74 Å². The van der Waals surface area contributed by atoms with Crippen LogP contribution in [-0.4, -0.2) is 42.0 Å². The Morgan fingerprint density at radius 2 is 1.72 bits per heavy atom. The molecule has 6 heteroatoms. The summed E-state index contributed by atoms with van der Waals surface area (Å²) in [6.07, 6.45) is 5.05. The summed E-state index contributed by atoms with van der Waals surface area (Å²) in [4.78, 5) is 25.9. The Hall–Kier alpha value is -2.73. The quantitative estimate of drug-likeness (QED) is 0.755. The molecule has 2 fully saturated rings. The number of ether oxygens (including phenoxy) is 1. The third-order valence-corrected chi connectivity index (χ3v) is 6.69. The number of carbonyl (C=O) groups is 2. The SMILES string of the molecule is CC(=O)Nc1ccc(CC(=O)N2CCC3(CC2)CC(Cc2ccc(F)cc2)CCO3)cc1. The lowest BCUT2D eigenvalue weighted by atomic mass is 9.77. The Morgan fingerprint density at radius 1 is 1.06 bits per heavy atom. The Bertz CT molecular complexity index is 935. The van der Waals surface area contributed by atoms with E-state index in [1.165, 1.54) is 24.6 Å². The second kappa shape index (κ2) is 9.82. The number of benzene rings is 2. The van der Waals surface area contributed by atoms with E-state index in [0.717, 1.165) is 50.0 Å². The number of hydrogen-bond donors (Lipinski definition) is 1. The molecule has 0 saturated carbocycles. The van der Waals surface area contributed by atoms with Gasteiger partial charge in [0.15, 0.2) is 0 Å². The molecule has 170 valence electrons. The van der Waals surface area contributed by atoms with Gasteiger partial charge in [-0.25, -0.2) is 4.39 Å². The number of amides is 2. The molecule has 0 aliphatic carbocycles. The van der Waals surface area contributed by atoms with E-state index in [0.29, 0.717) is 25.4 Å². The predicted molar refractivity (Wildman–Crippen MR) is 122 cm³/mol. The average Bonchev–Trinajstić information content (AvgIpc) is 2.77. The molecule has 4 rings (SSSR count). The highest BCUT2D eigenvalue weighted by atomic mass is 19.1. The molecule has 2 saturated heterocycles. The molecular weight excluding hydrogens is 407 g/mol. The topological polar surface area (TPSA) is 58.6 Å². The molecule has 1 unspecified atom stereocenters. The van der Waals surface area contributed by atoms with Crippen LogP contribution < -0.4 is 5.32 Å².